The first-order valence-corrected chi connectivity index (χ1v) is 6.00. The highest BCUT2D eigenvalue weighted by Crippen LogP contribution is 2.25. The quantitative estimate of drug-likeness (QED) is 0.806. The Labute approximate surface area is 97.9 Å². The van der Waals surface area contributed by atoms with Crippen molar-refractivity contribution in [3.05, 3.63) is 21.4 Å². The highest BCUT2D eigenvalue weighted by atomic mass is 32.1. The van der Waals surface area contributed by atoms with Gasteiger partial charge in [0.25, 0.3) is 0 Å². The lowest BCUT2D eigenvalue weighted by Crippen LogP contribution is -2.07. The van der Waals surface area contributed by atoms with E-state index in [1.165, 1.54) is 5.38 Å². The van der Waals surface area contributed by atoms with Crippen molar-refractivity contribution in [2.45, 2.75) is 26.7 Å². The molecule has 16 heavy (non-hydrogen) atoms. The van der Waals surface area contributed by atoms with E-state index in [1.54, 1.807) is 6.92 Å². The molecule has 0 aliphatic rings. The van der Waals surface area contributed by atoms with E-state index in [-0.39, 0.29) is 5.56 Å². The third-order valence-corrected chi connectivity index (χ3v) is 3.09. The largest absolute Gasteiger partial charge is 0.478 e. The predicted molar refractivity (Wildman–Crippen MR) is 61.2 cm³/mol. The van der Waals surface area contributed by atoms with Gasteiger partial charge < -0.3 is 9.84 Å². The summed E-state index contributed by atoms with van der Waals surface area (Å²) in [5.41, 5.74) is 0.813. The zero-order valence-electron chi connectivity index (χ0n) is 9.28. The first-order valence-electron chi connectivity index (χ1n) is 5.12. The van der Waals surface area contributed by atoms with Gasteiger partial charge in [0.15, 0.2) is 0 Å². The number of ether oxygens (including phenoxy) is 1. The second-order valence-electron chi connectivity index (χ2n) is 3.23. The minimum Gasteiger partial charge on any atom is -0.478 e. The molecule has 0 radical (unpaired) electrons. The van der Waals surface area contributed by atoms with Crippen LogP contribution >= 0.6 is 11.3 Å². The van der Waals surface area contributed by atoms with E-state index in [4.69, 9.17) is 9.84 Å². The van der Waals surface area contributed by atoms with Crippen molar-refractivity contribution in [2.75, 3.05) is 6.61 Å². The van der Waals surface area contributed by atoms with Crippen LogP contribution in [-0.4, -0.2) is 23.7 Å². The zero-order chi connectivity index (χ0) is 12.1. The highest BCUT2D eigenvalue weighted by molar-refractivity contribution is 7.12. The van der Waals surface area contributed by atoms with Gasteiger partial charge in [-0.2, -0.15) is 0 Å². The van der Waals surface area contributed by atoms with Gasteiger partial charge in [0.2, 0.25) is 0 Å². The summed E-state index contributed by atoms with van der Waals surface area (Å²) >= 11 is 1.14. The molecule has 1 rings (SSSR count). The normalized spacial score (nSPS) is 10.1. The monoisotopic (exact) mass is 242 g/mol. The van der Waals surface area contributed by atoms with E-state index < -0.39 is 11.9 Å². The van der Waals surface area contributed by atoms with Crippen molar-refractivity contribution in [2.24, 2.45) is 0 Å². The second-order valence-corrected chi connectivity index (χ2v) is 4.11. The predicted octanol–water partition coefficient (Wildman–Crippen LogP) is 2.58. The maximum absolute atomic E-state index is 11.6. The first kappa shape index (κ1) is 12.7. The second kappa shape index (κ2) is 5.65. The van der Waals surface area contributed by atoms with E-state index in [2.05, 4.69) is 0 Å². The number of hydrogen-bond acceptors (Lipinski definition) is 4. The molecule has 0 aliphatic carbocycles. The van der Waals surface area contributed by atoms with Crippen LogP contribution in [0.25, 0.3) is 0 Å². The molecule has 5 heteroatoms. The van der Waals surface area contributed by atoms with E-state index in [0.29, 0.717) is 23.5 Å². The molecule has 1 aromatic heterocycles. The number of hydrogen-bond donors (Lipinski definition) is 1. The average molecular weight is 242 g/mol. The molecule has 0 amide bonds. The zero-order valence-corrected chi connectivity index (χ0v) is 10.1. The molecule has 0 fully saturated rings. The highest BCUT2D eigenvalue weighted by Gasteiger charge is 2.21. The molecule has 0 atom stereocenters. The summed E-state index contributed by atoms with van der Waals surface area (Å²) in [6.45, 7) is 3.96. The number of thiophene rings is 1. The van der Waals surface area contributed by atoms with Gasteiger partial charge in [-0.15, -0.1) is 11.3 Å². The third-order valence-electron chi connectivity index (χ3n) is 2.09. The van der Waals surface area contributed by atoms with E-state index >= 15 is 0 Å². The van der Waals surface area contributed by atoms with Gasteiger partial charge in [-0.3, -0.25) is 0 Å². The number of rotatable bonds is 5. The Kier molecular flexibility index (Phi) is 4.49. The fourth-order valence-corrected chi connectivity index (χ4v) is 2.42. The van der Waals surface area contributed by atoms with Gasteiger partial charge in [-0.1, -0.05) is 13.3 Å². The lowest BCUT2D eigenvalue weighted by Gasteiger charge is -2.03. The minimum atomic E-state index is -0.991. The maximum Gasteiger partial charge on any atom is 0.348 e. The molecule has 1 N–H and O–H groups in total. The number of esters is 1. The van der Waals surface area contributed by atoms with Crippen molar-refractivity contribution in [3.63, 3.8) is 0 Å². The molecule has 0 aliphatic heterocycles. The third kappa shape index (κ3) is 2.61. The fraction of sp³-hybridized carbons (Fsp3) is 0.455. The van der Waals surface area contributed by atoms with Crippen molar-refractivity contribution in [1.29, 1.82) is 0 Å². The van der Waals surface area contributed by atoms with Crippen molar-refractivity contribution in [3.8, 4) is 0 Å². The van der Waals surface area contributed by atoms with Crippen LogP contribution in [0.15, 0.2) is 5.38 Å². The molecular weight excluding hydrogens is 228 g/mol. The van der Waals surface area contributed by atoms with Gasteiger partial charge in [0.05, 0.1) is 12.2 Å². The van der Waals surface area contributed by atoms with Gasteiger partial charge in [-0.25, -0.2) is 9.59 Å². The fourth-order valence-electron chi connectivity index (χ4n) is 1.43. The summed E-state index contributed by atoms with van der Waals surface area (Å²) in [5, 5.41) is 10.5. The van der Waals surface area contributed by atoms with Crippen molar-refractivity contribution >= 4 is 23.3 Å². The van der Waals surface area contributed by atoms with Crippen molar-refractivity contribution in [1.82, 2.24) is 0 Å². The van der Waals surface area contributed by atoms with E-state index in [0.717, 1.165) is 17.8 Å². The van der Waals surface area contributed by atoms with E-state index in [9.17, 15) is 9.59 Å². The summed E-state index contributed by atoms with van der Waals surface area (Å²) in [6, 6.07) is 0. The van der Waals surface area contributed by atoms with Crippen LogP contribution in [0.4, 0.5) is 0 Å². The molecule has 88 valence electrons. The first-order chi connectivity index (χ1) is 7.61. The van der Waals surface area contributed by atoms with Crippen molar-refractivity contribution < 1.29 is 19.4 Å². The number of carbonyl (C=O) groups is 2. The Morgan fingerprint density at radius 1 is 1.44 bits per heavy atom. The number of carboxylic acid groups (broad SMARTS) is 1. The summed E-state index contributed by atoms with van der Waals surface area (Å²) < 4.78 is 4.89. The van der Waals surface area contributed by atoms with Crippen LogP contribution in [0, 0.1) is 0 Å². The molecule has 0 unspecified atom stereocenters. The average Bonchev–Trinajstić information content (AvgIpc) is 2.62. The standard InChI is InChI=1S/C11H14O4S/c1-3-5-7-8(10(12)13)6-16-9(7)11(14)15-4-2/h6H,3-5H2,1-2H3,(H,12,13). The van der Waals surface area contributed by atoms with Gasteiger partial charge >= 0.3 is 11.9 Å². The van der Waals surface area contributed by atoms with Crippen LogP contribution < -0.4 is 0 Å². The maximum atomic E-state index is 11.6. The Balaban J connectivity index is 3.09. The SMILES string of the molecule is CCCc1c(C(=O)O)csc1C(=O)OCC. The van der Waals surface area contributed by atoms with E-state index in [1.807, 2.05) is 6.92 Å². The summed E-state index contributed by atoms with van der Waals surface area (Å²) in [7, 11) is 0. The summed E-state index contributed by atoms with van der Waals surface area (Å²) in [4.78, 5) is 22.9. The molecule has 0 spiro atoms. The summed E-state index contributed by atoms with van der Waals surface area (Å²) in [5.74, 6) is -1.42. The molecule has 0 aromatic carbocycles. The lowest BCUT2D eigenvalue weighted by molar-refractivity contribution is 0.0531. The minimum absolute atomic E-state index is 0.218. The molecule has 4 nitrogen and oxygen atoms in total. The molecule has 1 aromatic rings. The Morgan fingerprint density at radius 2 is 2.12 bits per heavy atom. The van der Waals surface area contributed by atoms with Gasteiger partial charge in [0, 0.05) is 5.38 Å². The number of carboxylic acids is 1. The molecule has 0 saturated carbocycles. The Hall–Kier alpha value is -1.36. The molecular formula is C11H14O4S. The lowest BCUT2D eigenvalue weighted by atomic mass is 10.1. The van der Waals surface area contributed by atoms with Crippen LogP contribution in [0.5, 0.6) is 0 Å². The van der Waals surface area contributed by atoms with Crippen LogP contribution in [0.3, 0.4) is 0 Å². The molecule has 0 bridgehead atoms. The smallest absolute Gasteiger partial charge is 0.348 e. The number of aromatic carboxylic acids is 1. The Morgan fingerprint density at radius 3 is 2.62 bits per heavy atom. The van der Waals surface area contributed by atoms with Crippen LogP contribution in [0.1, 0.15) is 45.9 Å². The molecule has 0 saturated heterocycles. The van der Waals surface area contributed by atoms with Gasteiger partial charge in [-0.05, 0) is 18.9 Å². The topological polar surface area (TPSA) is 63.6 Å². The number of carbonyl (C=O) groups excluding carboxylic acids is 1. The van der Waals surface area contributed by atoms with Gasteiger partial charge in [0.1, 0.15) is 4.88 Å². The molecule has 1 heterocycles. The summed E-state index contributed by atoms with van der Waals surface area (Å²) in [6.07, 6.45) is 1.38. The Bertz CT molecular complexity index is 395. The van der Waals surface area contributed by atoms with Crippen LogP contribution in [0.2, 0.25) is 0 Å². The van der Waals surface area contributed by atoms with Crippen LogP contribution in [-0.2, 0) is 11.2 Å².